The maximum Gasteiger partial charge on any atom is 0.472 e. The lowest BCUT2D eigenvalue weighted by atomic mass is 9.96. The largest absolute Gasteiger partial charge is 0.472 e. The molecule has 2 rings (SSSR count). The number of unbranched alkanes of at least 4 members (excludes halogenated alkanes) is 13. The number of nitrogens with zero attached hydrogens (tertiary/aromatic N) is 1. The predicted molar refractivity (Wildman–Crippen MR) is 164 cm³/mol. The molecule has 11 nitrogen and oxygen atoms in total. The molecule has 0 saturated carbocycles. The van der Waals surface area contributed by atoms with Crippen LogP contribution in [0.4, 0.5) is 0 Å². The van der Waals surface area contributed by atoms with Crippen molar-refractivity contribution in [2.45, 2.75) is 134 Å². The van der Waals surface area contributed by atoms with Crippen molar-refractivity contribution >= 4 is 20.0 Å². The molecule has 1 aliphatic rings. The Kier molecular flexibility index (Phi) is 17.9. The molecule has 0 aromatic carbocycles. The maximum atomic E-state index is 12.3. The Morgan fingerprint density at radius 2 is 1.50 bits per heavy atom. The summed E-state index contributed by atoms with van der Waals surface area (Å²) >= 11 is 5.11. The third-order valence-corrected chi connectivity index (χ3v) is 8.89. The minimum atomic E-state index is -4.42. The van der Waals surface area contributed by atoms with Crippen LogP contribution in [0.5, 0.6) is 0 Å². The first-order chi connectivity index (χ1) is 20.1. The van der Waals surface area contributed by atoms with Crippen molar-refractivity contribution in [3.8, 4) is 0 Å². The molecule has 13 heteroatoms. The van der Waals surface area contributed by atoms with Gasteiger partial charge in [-0.25, -0.2) is 4.57 Å². The second kappa shape index (κ2) is 20.2. The quantitative estimate of drug-likeness (QED) is 0.0610. The Morgan fingerprint density at radius 1 is 0.952 bits per heavy atom. The molecule has 1 saturated heterocycles. The van der Waals surface area contributed by atoms with Crippen LogP contribution in [0.2, 0.25) is 0 Å². The number of rotatable bonds is 24. The standard InChI is InChI=1S/C29H53N2O9PS/c1-3-4-5-6-7-8-9-10-11-12-13-14-15-16-20-37-21-17-22-38-41(35,36)39-23-24-26(33)29(2,34)27(40-24)31-19-18-25(32)30-28(31)42/h18-19,24,26-27,33-34H,3-17,20-23H2,1-2H3,(H,35,36)(H,30,32,42)/t24-,26+,27-,29?/m1/s1. The highest BCUT2D eigenvalue weighted by Crippen LogP contribution is 2.45. The smallest absolute Gasteiger partial charge is 0.387 e. The molecule has 42 heavy (non-hydrogen) atoms. The molecule has 4 N–H and O–H groups in total. The molecule has 1 aromatic rings. The number of aliphatic hydroxyl groups is 2. The molecule has 0 aliphatic carbocycles. The van der Waals surface area contributed by atoms with Crippen LogP contribution in [-0.2, 0) is 23.1 Å². The van der Waals surface area contributed by atoms with E-state index in [0.29, 0.717) is 19.6 Å². The van der Waals surface area contributed by atoms with Gasteiger partial charge in [-0.05, 0) is 32.0 Å². The summed E-state index contributed by atoms with van der Waals surface area (Å²) in [4.78, 5) is 23.9. The van der Waals surface area contributed by atoms with Crippen molar-refractivity contribution in [1.82, 2.24) is 9.55 Å². The number of H-pyrrole nitrogens is 1. The van der Waals surface area contributed by atoms with Gasteiger partial charge in [-0.1, -0.05) is 90.4 Å². The van der Waals surface area contributed by atoms with Crippen LogP contribution in [-0.4, -0.2) is 68.9 Å². The average molecular weight is 637 g/mol. The monoisotopic (exact) mass is 636 g/mol. The van der Waals surface area contributed by atoms with Crippen LogP contribution in [0.25, 0.3) is 0 Å². The number of phosphoric ester groups is 1. The Balaban J connectivity index is 1.48. The van der Waals surface area contributed by atoms with Gasteiger partial charge in [0.1, 0.15) is 17.8 Å². The number of nitrogens with one attached hydrogen (secondary N) is 1. The summed E-state index contributed by atoms with van der Waals surface area (Å²) in [7, 11) is -4.42. The number of aliphatic hydroxyl groups excluding tert-OH is 1. The highest BCUT2D eigenvalue weighted by molar-refractivity contribution is 7.71. The molecular weight excluding hydrogens is 583 g/mol. The van der Waals surface area contributed by atoms with Gasteiger partial charge in [0.15, 0.2) is 11.0 Å². The highest BCUT2D eigenvalue weighted by atomic mass is 32.1. The van der Waals surface area contributed by atoms with Crippen molar-refractivity contribution in [1.29, 1.82) is 0 Å². The molecule has 0 bridgehead atoms. The number of phosphoric acid groups is 1. The van der Waals surface area contributed by atoms with Gasteiger partial charge in [-0.15, -0.1) is 0 Å². The van der Waals surface area contributed by atoms with Gasteiger partial charge in [0, 0.05) is 25.5 Å². The Labute approximate surface area is 255 Å². The summed E-state index contributed by atoms with van der Waals surface area (Å²) < 4.78 is 34.8. The third kappa shape index (κ3) is 13.8. The van der Waals surface area contributed by atoms with E-state index in [2.05, 4.69) is 11.9 Å². The lowest BCUT2D eigenvalue weighted by molar-refractivity contribution is -0.0978. The SMILES string of the molecule is CCCCCCCCCCCCCCCCOCCCOP(=O)(O)OC[C@H]1O[C@@H](n2ccc(=O)[nH]c2=S)C(C)(O)[C@H]1O. The first-order valence-corrected chi connectivity index (χ1v) is 17.6. The summed E-state index contributed by atoms with van der Waals surface area (Å²) in [5, 5.41) is 21.3. The van der Waals surface area contributed by atoms with E-state index < -0.39 is 44.0 Å². The van der Waals surface area contributed by atoms with E-state index in [1.54, 1.807) is 0 Å². The summed E-state index contributed by atoms with van der Waals surface area (Å²) in [6.07, 6.45) is 16.3. The molecule has 0 radical (unpaired) electrons. The molecule has 2 heterocycles. The normalized spacial score (nSPS) is 23.8. The zero-order valence-electron chi connectivity index (χ0n) is 25.4. The summed E-state index contributed by atoms with van der Waals surface area (Å²) in [6, 6.07) is 1.20. The fraction of sp³-hybridized carbons (Fsp3) is 0.862. The van der Waals surface area contributed by atoms with E-state index in [-0.39, 0.29) is 11.4 Å². The first kappa shape index (κ1) is 37.2. The van der Waals surface area contributed by atoms with Gasteiger partial charge in [-0.2, -0.15) is 0 Å². The average Bonchev–Trinajstić information content (AvgIpc) is 3.16. The van der Waals surface area contributed by atoms with E-state index in [0.717, 1.165) is 12.8 Å². The van der Waals surface area contributed by atoms with Crippen LogP contribution in [0, 0.1) is 4.77 Å². The van der Waals surface area contributed by atoms with Gasteiger partial charge < -0.3 is 24.6 Å². The van der Waals surface area contributed by atoms with E-state index in [4.69, 9.17) is 30.7 Å². The fourth-order valence-corrected chi connectivity index (χ4v) is 6.06. The Bertz CT molecular complexity index is 1030. The van der Waals surface area contributed by atoms with Gasteiger partial charge >= 0.3 is 7.82 Å². The minimum absolute atomic E-state index is 0.00993. The van der Waals surface area contributed by atoms with Gasteiger partial charge in [0.05, 0.1) is 13.2 Å². The molecule has 1 aromatic heterocycles. The maximum absolute atomic E-state index is 12.3. The topological polar surface area (TPSA) is 152 Å². The highest BCUT2D eigenvalue weighted by Gasteiger charge is 2.53. The van der Waals surface area contributed by atoms with Gasteiger partial charge in [-0.3, -0.25) is 23.4 Å². The van der Waals surface area contributed by atoms with Crippen molar-refractivity contribution in [3.05, 3.63) is 27.4 Å². The number of hydrogen-bond acceptors (Lipinski definition) is 9. The summed E-state index contributed by atoms with van der Waals surface area (Å²) in [5.41, 5.74) is -2.23. The van der Waals surface area contributed by atoms with Crippen molar-refractivity contribution in [3.63, 3.8) is 0 Å². The third-order valence-electron chi connectivity index (χ3n) is 7.59. The van der Waals surface area contributed by atoms with E-state index in [9.17, 15) is 24.5 Å². The molecule has 2 unspecified atom stereocenters. The van der Waals surface area contributed by atoms with Crippen molar-refractivity contribution < 1.29 is 38.2 Å². The number of aromatic nitrogens is 2. The predicted octanol–water partition coefficient (Wildman–Crippen LogP) is 5.94. The fourth-order valence-electron chi connectivity index (χ4n) is 5.04. The Hall–Kier alpha value is -0.950. The zero-order valence-corrected chi connectivity index (χ0v) is 27.1. The summed E-state index contributed by atoms with van der Waals surface area (Å²) in [5.74, 6) is 0. The molecule has 244 valence electrons. The van der Waals surface area contributed by atoms with E-state index in [1.807, 2.05) is 0 Å². The second-order valence-electron chi connectivity index (χ2n) is 11.4. The zero-order chi connectivity index (χ0) is 30.8. The first-order valence-electron chi connectivity index (χ1n) is 15.7. The van der Waals surface area contributed by atoms with Crippen LogP contribution >= 0.6 is 20.0 Å². The molecule has 0 spiro atoms. The summed E-state index contributed by atoms with van der Waals surface area (Å²) in [6.45, 7) is 4.12. The number of ether oxygens (including phenoxy) is 2. The van der Waals surface area contributed by atoms with Gasteiger partial charge in [0.25, 0.3) is 5.56 Å². The molecule has 5 atom stereocenters. The molecule has 0 amide bonds. The van der Waals surface area contributed by atoms with Crippen LogP contribution in [0.15, 0.2) is 17.1 Å². The minimum Gasteiger partial charge on any atom is -0.387 e. The number of aromatic amines is 1. The molecule has 1 aliphatic heterocycles. The van der Waals surface area contributed by atoms with Crippen LogP contribution in [0.1, 0.15) is 116 Å². The van der Waals surface area contributed by atoms with Crippen LogP contribution < -0.4 is 5.56 Å². The van der Waals surface area contributed by atoms with Gasteiger partial charge in [0.2, 0.25) is 0 Å². The number of hydrogen-bond donors (Lipinski definition) is 4. The second-order valence-corrected chi connectivity index (χ2v) is 13.2. The lowest BCUT2D eigenvalue weighted by Gasteiger charge is -2.27. The van der Waals surface area contributed by atoms with Crippen LogP contribution in [0.3, 0.4) is 0 Å². The Morgan fingerprint density at radius 3 is 2.07 bits per heavy atom. The van der Waals surface area contributed by atoms with E-state index >= 15 is 0 Å². The van der Waals surface area contributed by atoms with Crippen molar-refractivity contribution in [2.24, 2.45) is 0 Å². The lowest BCUT2D eigenvalue weighted by Crippen LogP contribution is -2.44. The molecular formula is C29H53N2O9PS. The van der Waals surface area contributed by atoms with E-state index in [1.165, 1.54) is 101 Å². The van der Waals surface area contributed by atoms with Crippen molar-refractivity contribution in [2.75, 3.05) is 26.4 Å². The molecule has 1 fully saturated rings.